The molecule has 1 aromatic heterocycles. The first-order chi connectivity index (χ1) is 7.83. The molecule has 1 unspecified atom stereocenters. The van der Waals surface area contributed by atoms with Crippen LogP contribution in [0.2, 0.25) is 0 Å². The number of hydrogen-bond donors (Lipinski definition) is 1. The first kappa shape index (κ1) is 10.3. The van der Waals surface area contributed by atoms with Crippen LogP contribution in [0.1, 0.15) is 56.0 Å². The van der Waals surface area contributed by atoms with Gasteiger partial charge in [0.25, 0.3) is 0 Å². The van der Waals surface area contributed by atoms with E-state index in [2.05, 4.69) is 10.8 Å². The lowest BCUT2D eigenvalue weighted by atomic mass is 9.87. The fourth-order valence-electron chi connectivity index (χ4n) is 3.04. The fourth-order valence-corrected chi connectivity index (χ4v) is 3.04. The van der Waals surface area contributed by atoms with E-state index in [4.69, 9.17) is 4.98 Å². The van der Waals surface area contributed by atoms with Gasteiger partial charge in [0.2, 0.25) is 0 Å². The largest absolute Gasteiger partial charge is 0.391 e. The van der Waals surface area contributed by atoms with Gasteiger partial charge in [-0.05, 0) is 19.3 Å². The molecule has 1 fully saturated rings. The number of hydrogen-bond acceptors (Lipinski definition) is 2. The summed E-state index contributed by atoms with van der Waals surface area (Å²) in [6.45, 7) is 0.745. The number of imidazole rings is 1. The number of aliphatic hydroxyl groups is 1. The molecule has 1 aliphatic carbocycles. The van der Waals surface area contributed by atoms with Gasteiger partial charge in [-0.1, -0.05) is 19.3 Å². The normalized spacial score (nSPS) is 26.7. The summed E-state index contributed by atoms with van der Waals surface area (Å²) in [6, 6.07) is 0. The van der Waals surface area contributed by atoms with Crippen molar-refractivity contribution in [3.8, 4) is 0 Å². The Kier molecular flexibility index (Phi) is 2.72. The van der Waals surface area contributed by atoms with E-state index in [1.54, 1.807) is 0 Å². The third-order valence-electron chi connectivity index (χ3n) is 4.01. The molecule has 2 heterocycles. The maximum absolute atomic E-state index is 9.63. The zero-order valence-electron chi connectivity index (χ0n) is 9.73. The summed E-state index contributed by atoms with van der Waals surface area (Å²) in [6.07, 6.45) is 10.6. The Labute approximate surface area is 96.5 Å². The van der Waals surface area contributed by atoms with Crippen LogP contribution in [0.3, 0.4) is 0 Å². The molecular weight excluding hydrogens is 200 g/mol. The fraction of sp³-hybridized carbons (Fsp3) is 0.769. The van der Waals surface area contributed by atoms with E-state index in [1.165, 1.54) is 43.6 Å². The van der Waals surface area contributed by atoms with Gasteiger partial charge in [-0.15, -0.1) is 0 Å². The molecule has 1 aromatic rings. The van der Waals surface area contributed by atoms with Crippen molar-refractivity contribution in [1.29, 1.82) is 0 Å². The smallest absolute Gasteiger partial charge is 0.109 e. The van der Waals surface area contributed by atoms with Gasteiger partial charge in [0.05, 0.1) is 11.8 Å². The molecule has 88 valence electrons. The zero-order chi connectivity index (χ0) is 11.0. The van der Waals surface area contributed by atoms with Crippen molar-refractivity contribution in [2.75, 3.05) is 0 Å². The second-order valence-corrected chi connectivity index (χ2v) is 5.26. The predicted molar refractivity (Wildman–Crippen MR) is 62.4 cm³/mol. The van der Waals surface area contributed by atoms with Crippen molar-refractivity contribution >= 4 is 0 Å². The van der Waals surface area contributed by atoms with Gasteiger partial charge < -0.3 is 9.67 Å². The van der Waals surface area contributed by atoms with E-state index in [1.807, 2.05) is 0 Å². The summed E-state index contributed by atoms with van der Waals surface area (Å²) in [5.41, 5.74) is 1.28. The average molecular weight is 220 g/mol. The molecule has 0 aromatic carbocycles. The summed E-state index contributed by atoms with van der Waals surface area (Å²) in [7, 11) is 0. The van der Waals surface area contributed by atoms with Gasteiger partial charge in [-0.2, -0.15) is 0 Å². The summed E-state index contributed by atoms with van der Waals surface area (Å²) in [5.74, 6) is 1.87. The number of aromatic nitrogens is 2. The number of rotatable bonds is 1. The van der Waals surface area contributed by atoms with Crippen LogP contribution in [-0.4, -0.2) is 20.8 Å². The Morgan fingerprint density at radius 1 is 1.19 bits per heavy atom. The van der Waals surface area contributed by atoms with E-state index in [9.17, 15) is 5.11 Å². The molecule has 1 N–H and O–H groups in total. The Hall–Kier alpha value is -0.830. The van der Waals surface area contributed by atoms with Crippen molar-refractivity contribution in [2.45, 2.75) is 63.5 Å². The van der Waals surface area contributed by atoms with Crippen molar-refractivity contribution < 1.29 is 5.11 Å². The van der Waals surface area contributed by atoms with Gasteiger partial charge >= 0.3 is 0 Å². The Balaban J connectivity index is 1.80. The lowest BCUT2D eigenvalue weighted by Gasteiger charge is -2.19. The number of aliphatic hydroxyl groups excluding tert-OH is 1. The highest BCUT2D eigenvalue weighted by Crippen LogP contribution is 2.32. The van der Waals surface area contributed by atoms with Crippen molar-refractivity contribution in [3.05, 3.63) is 17.7 Å². The first-order valence-electron chi connectivity index (χ1n) is 6.57. The number of aryl methyl sites for hydroxylation is 1. The van der Waals surface area contributed by atoms with E-state index in [0.29, 0.717) is 5.92 Å². The van der Waals surface area contributed by atoms with Crippen LogP contribution in [0.15, 0.2) is 6.20 Å². The van der Waals surface area contributed by atoms with Crippen molar-refractivity contribution in [2.24, 2.45) is 0 Å². The van der Waals surface area contributed by atoms with Crippen LogP contribution < -0.4 is 0 Å². The molecule has 3 rings (SSSR count). The van der Waals surface area contributed by atoms with Crippen LogP contribution >= 0.6 is 0 Å². The maximum Gasteiger partial charge on any atom is 0.109 e. The second-order valence-electron chi connectivity index (χ2n) is 5.26. The van der Waals surface area contributed by atoms with Crippen LogP contribution in [-0.2, 0) is 13.0 Å². The van der Waals surface area contributed by atoms with Crippen molar-refractivity contribution in [1.82, 2.24) is 9.55 Å². The second kappa shape index (κ2) is 4.21. The molecule has 0 spiro atoms. The monoisotopic (exact) mass is 220 g/mol. The molecule has 0 bridgehead atoms. The van der Waals surface area contributed by atoms with Gasteiger partial charge in [0.1, 0.15) is 5.82 Å². The molecular formula is C13H20N2O. The number of nitrogens with zero attached hydrogens (tertiary/aromatic N) is 2. The summed E-state index contributed by atoms with van der Waals surface area (Å²) < 4.78 is 2.16. The molecule has 1 saturated carbocycles. The van der Waals surface area contributed by atoms with Crippen LogP contribution in [0.25, 0.3) is 0 Å². The molecule has 0 amide bonds. The lowest BCUT2D eigenvalue weighted by molar-refractivity contribution is 0.130. The quantitative estimate of drug-likeness (QED) is 0.788. The predicted octanol–water partition coefficient (Wildman–Crippen LogP) is 2.24. The number of fused-ring (bicyclic) bond motifs is 1. The third-order valence-corrected chi connectivity index (χ3v) is 4.01. The van der Waals surface area contributed by atoms with Gasteiger partial charge in [0, 0.05) is 25.1 Å². The van der Waals surface area contributed by atoms with Gasteiger partial charge in [-0.3, -0.25) is 0 Å². The van der Waals surface area contributed by atoms with Gasteiger partial charge in [0.15, 0.2) is 0 Å². The highest BCUT2D eigenvalue weighted by Gasteiger charge is 2.23. The Bertz CT molecular complexity index is 366. The molecule has 0 radical (unpaired) electrons. The minimum Gasteiger partial charge on any atom is -0.391 e. The maximum atomic E-state index is 9.63. The Morgan fingerprint density at radius 3 is 2.81 bits per heavy atom. The topological polar surface area (TPSA) is 38.1 Å². The molecule has 3 heteroatoms. The SMILES string of the molecule is OC1CCc2nc(C3CCCCC3)cn2C1. The van der Waals surface area contributed by atoms with Crippen LogP contribution in [0.4, 0.5) is 0 Å². The van der Waals surface area contributed by atoms with E-state index in [-0.39, 0.29) is 6.10 Å². The minimum atomic E-state index is -0.166. The highest BCUT2D eigenvalue weighted by molar-refractivity contribution is 5.12. The summed E-state index contributed by atoms with van der Waals surface area (Å²) in [4.78, 5) is 4.76. The molecule has 0 saturated heterocycles. The molecule has 16 heavy (non-hydrogen) atoms. The standard InChI is InChI=1S/C13H20N2O/c16-11-6-7-13-14-12(9-15(13)8-11)10-4-2-1-3-5-10/h9-11,16H,1-8H2. The first-order valence-corrected chi connectivity index (χ1v) is 6.57. The van der Waals surface area contributed by atoms with Crippen LogP contribution in [0.5, 0.6) is 0 Å². The third kappa shape index (κ3) is 1.88. The lowest BCUT2D eigenvalue weighted by Crippen LogP contribution is -2.23. The zero-order valence-corrected chi connectivity index (χ0v) is 9.73. The average Bonchev–Trinajstić information content (AvgIpc) is 2.73. The molecule has 2 aliphatic rings. The molecule has 3 nitrogen and oxygen atoms in total. The van der Waals surface area contributed by atoms with E-state index < -0.39 is 0 Å². The van der Waals surface area contributed by atoms with Gasteiger partial charge in [-0.25, -0.2) is 4.98 Å². The van der Waals surface area contributed by atoms with Crippen LogP contribution in [0, 0.1) is 0 Å². The van der Waals surface area contributed by atoms with Crippen molar-refractivity contribution in [3.63, 3.8) is 0 Å². The summed E-state index contributed by atoms with van der Waals surface area (Å²) >= 11 is 0. The molecule has 1 aliphatic heterocycles. The highest BCUT2D eigenvalue weighted by atomic mass is 16.3. The summed E-state index contributed by atoms with van der Waals surface area (Å²) in [5, 5.41) is 9.63. The van der Waals surface area contributed by atoms with E-state index >= 15 is 0 Å². The minimum absolute atomic E-state index is 0.166. The molecule has 1 atom stereocenters. The van der Waals surface area contributed by atoms with E-state index in [0.717, 1.165) is 19.4 Å². The Morgan fingerprint density at radius 2 is 2.00 bits per heavy atom.